The molecule has 0 unspecified atom stereocenters. The zero-order chi connectivity index (χ0) is 15.5. The fraction of sp³-hybridized carbons (Fsp3) is 0.467. The van der Waals surface area contributed by atoms with E-state index in [4.69, 9.17) is 0 Å². The first-order valence-corrected chi connectivity index (χ1v) is 8.78. The molecule has 2 N–H and O–H groups in total. The number of carboxylic acid groups (broad SMARTS) is 1. The summed E-state index contributed by atoms with van der Waals surface area (Å²) < 4.78 is 1.68. The molecule has 1 fully saturated rings. The van der Waals surface area contributed by atoms with Gasteiger partial charge in [0, 0.05) is 14.6 Å². The quantitative estimate of drug-likeness (QED) is 0.664. The van der Waals surface area contributed by atoms with Gasteiger partial charge in [0.1, 0.15) is 0 Å². The lowest BCUT2D eigenvalue weighted by Crippen LogP contribution is -2.44. The number of halogens is 2. The third kappa shape index (κ3) is 3.97. The number of hydrogen-bond acceptors (Lipinski definition) is 2. The van der Waals surface area contributed by atoms with Crippen LogP contribution in [0.1, 0.15) is 42.5 Å². The van der Waals surface area contributed by atoms with E-state index < -0.39 is 11.4 Å². The maximum Gasteiger partial charge on any atom is 0.311 e. The standard InChI is InChI=1S/C15H17BrINO3/c16-10-4-5-12(17)11(8-10)13(19)18-9-15(14(20)21)6-2-1-3-7-15/h4-5,8H,1-3,6-7,9H2,(H,18,19)(H,20,21). The molecule has 6 heteroatoms. The SMILES string of the molecule is O=C(NCC1(C(=O)O)CCCCC1)c1cc(Br)ccc1I. The van der Waals surface area contributed by atoms with Crippen molar-refractivity contribution >= 4 is 50.4 Å². The van der Waals surface area contributed by atoms with Crippen LogP contribution in [0.5, 0.6) is 0 Å². The number of hydrogen-bond donors (Lipinski definition) is 2. The Hall–Kier alpha value is -0.630. The maximum absolute atomic E-state index is 12.3. The number of rotatable bonds is 4. The zero-order valence-electron chi connectivity index (χ0n) is 11.5. The summed E-state index contributed by atoms with van der Waals surface area (Å²) in [5.74, 6) is -1.02. The van der Waals surface area contributed by atoms with Crippen molar-refractivity contribution in [2.24, 2.45) is 5.41 Å². The van der Waals surface area contributed by atoms with Crippen LogP contribution in [0.15, 0.2) is 22.7 Å². The molecule has 1 aromatic rings. The van der Waals surface area contributed by atoms with E-state index in [1.54, 1.807) is 6.07 Å². The topological polar surface area (TPSA) is 66.4 Å². The van der Waals surface area contributed by atoms with Crippen LogP contribution >= 0.6 is 38.5 Å². The smallest absolute Gasteiger partial charge is 0.311 e. The molecule has 21 heavy (non-hydrogen) atoms. The summed E-state index contributed by atoms with van der Waals surface area (Å²) >= 11 is 5.45. The second kappa shape index (κ2) is 7.09. The summed E-state index contributed by atoms with van der Waals surface area (Å²) in [6.07, 6.45) is 4.18. The second-order valence-corrected chi connectivity index (χ2v) is 7.53. The highest BCUT2D eigenvalue weighted by Gasteiger charge is 2.39. The van der Waals surface area contributed by atoms with E-state index in [2.05, 4.69) is 43.8 Å². The second-order valence-electron chi connectivity index (χ2n) is 5.45. The van der Waals surface area contributed by atoms with E-state index >= 15 is 0 Å². The van der Waals surface area contributed by atoms with Crippen LogP contribution in [-0.2, 0) is 4.79 Å². The summed E-state index contributed by atoms with van der Waals surface area (Å²) in [4.78, 5) is 23.9. The van der Waals surface area contributed by atoms with E-state index in [9.17, 15) is 14.7 Å². The molecule has 0 bridgehead atoms. The van der Waals surface area contributed by atoms with Gasteiger partial charge in [-0.15, -0.1) is 0 Å². The third-order valence-electron chi connectivity index (χ3n) is 4.02. The molecular formula is C15H17BrINO3. The number of aliphatic carboxylic acids is 1. The molecule has 1 aliphatic carbocycles. The summed E-state index contributed by atoms with van der Waals surface area (Å²) in [7, 11) is 0. The molecule has 1 aromatic carbocycles. The van der Waals surface area contributed by atoms with Crippen molar-refractivity contribution in [2.45, 2.75) is 32.1 Å². The summed E-state index contributed by atoms with van der Waals surface area (Å²) in [6.45, 7) is 0.198. The van der Waals surface area contributed by atoms with Crippen LogP contribution in [0.4, 0.5) is 0 Å². The van der Waals surface area contributed by atoms with Gasteiger partial charge in [-0.3, -0.25) is 9.59 Å². The predicted molar refractivity (Wildman–Crippen MR) is 92.3 cm³/mol. The number of nitrogens with one attached hydrogen (secondary N) is 1. The van der Waals surface area contributed by atoms with Gasteiger partial charge in [-0.2, -0.15) is 0 Å². The van der Waals surface area contributed by atoms with Crippen LogP contribution in [-0.4, -0.2) is 23.5 Å². The fourth-order valence-corrected chi connectivity index (χ4v) is 3.65. The van der Waals surface area contributed by atoms with Gasteiger partial charge in [-0.25, -0.2) is 0 Å². The normalized spacial score (nSPS) is 17.2. The molecule has 114 valence electrons. The van der Waals surface area contributed by atoms with Crippen molar-refractivity contribution in [3.8, 4) is 0 Å². The van der Waals surface area contributed by atoms with Gasteiger partial charge in [0.05, 0.1) is 11.0 Å². The molecule has 0 aliphatic heterocycles. The fourth-order valence-electron chi connectivity index (χ4n) is 2.71. The summed E-state index contributed by atoms with van der Waals surface area (Å²) in [5, 5.41) is 12.3. The average Bonchev–Trinajstić information content (AvgIpc) is 2.48. The minimum Gasteiger partial charge on any atom is -0.481 e. The third-order valence-corrected chi connectivity index (χ3v) is 5.46. The molecule has 1 aliphatic rings. The molecular weight excluding hydrogens is 449 g/mol. The van der Waals surface area contributed by atoms with Gasteiger partial charge in [0.2, 0.25) is 0 Å². The number of carbonyl (C=O) groups excluding carboxylic acids is 1. The van der Waals surface area contributed by atoms with Crippen molar-refractivity contribution in [3.05, 3.63) is 31.8 Å². The van der Waals surface area contributed by atoms with Crippen molar-refractivity contribution in [2.75, 3.05) is 6.54 Å². The van der Waals surface area contributed by atoms with Gasteiger partial charge in [0.25, 0.3) is 5.91 Å². The highest BCUT2D eigenvalue weighted by molar-refractivity contribution is 14.1. The van der Waals surface area contributed by atoms with Crippen molar-refractivity contribution in [3.63, 3.8) is 0 Å². The van der Waals surface area contributed by atoms with E-state index in [1.165, 1.54) is 0 Å². The molecule has 0 spiro atoms. The van der Waals surface area contributed by atoms with Crippen molar-refractivity contribution in [1.29, 1.82) is 0 Å². The molecule has 0 aromatic heterocycles. The highest BCUT2D eigenvalue weighted by Crippen LogP contribution is 2.36. The highest BCUT2D eigenvalue weighted by atomic mass is 127. The van der Waals surface area contributed by atoms with Crippen LogP contribution in [0.25, 0.3) is 0 Å². The Morgan fingerprint density at radius 3 is 2.57 bits per heavy atom. The van der Waals surface area contributed by atoms with Crippen molar-refractivity contribution in [1.82, 2.24) is 5.32 Å². The lowest BCUT2D eigenvalue weighted by Gasteiger charge is -2.33. The van der Waals surface area contributed by atoms with Crippen LogP contribution in [0.3, 0.4) is 0 Å². The molecule has 1 amide bonds. The van der Waals surface area contributed by atoms with E-state index in [1.807, 2.05) is 12.1 Å². The van der Waals surface area contributed by atoms with Gasteiger partial charge < -0.3 is 10.4 Å². The molecule has 1 saturated carbocycles. The van der Waals surface area contributed by atoms with Gasteiger partial charge in [0.15, 0.2) is 0 Å². The molecule has 0 heterocycles. The number of carboxylic acids is 1. The monoisotopic (exact) mass is 465 g/mol. The Bertz CT molecular complexity index is 556. The number of carbonyl (C=O) groups is 2. The van der Waals surface area contributed by atoms with Gasteiger partial charge in [-0.1, -0.05) is 35.2 Å². The Morgan fingerprint density at radius 1 is 1.29 bits per heavy atom. The first-order valence-electron chi connectivity index (χ1n) is 6.91. The molecule has 0 radical (unpaired) electrons. The average molecular weight is 466 g/mol. The van der Waals surface area contributed by atoms with E-state index in [-0.39, 0.29) is 12.5 Å². The Kier molecular flexibility index (Phi) is 5.65. The minimum atomic E-state index is -0.800. The van der Waals surface area contributed by atoms with Crippen LogP contribution < -0.4 is 5.32 Å². The number of amides is 1. The molecule has 0 atom stereocenters. The van der Waals surface area contributed by atoms with Gasteiger partial charge >= 0.3 is 5.97 Å². The van der Waals surface area contributed by atoms with Gasteiger partial charge in [-0.05, 0) is 53.6 Å². The maximum atomic E-state index is 12.3. The molecule has 2 rings (SSSR count). The van der Waals surface area contributed by atoms with E-state index in [0.717, 1.165) is 27.3 Å². The Morgan fingerprint density at radius 2 is 1.95 bits per heavy atom. The van der Waals surface area contributed by atoms with Crippen LogP contribution in [0.2, 0.25) is 0 Å². The van der Waals surface area contributed by atoms with Crippen LogP contribution in [0, 0.1) is 8.99 Å². The lowest BCUT2D eigenvalue weighted by molar-refractivity contribution is -0.150. The molecule has 0 saturated heterocycles. The van der Waals surface area contributed by atoms with Crippen molar-refractivity contribution < 1.29 is 14.7 Å². The molecule has 4 nitrogen and oxygen atoms in total. The summed E-state index contributed by atoms with van der Waals surface area (Å²) in [6, 6.07) is 5.48. The first-order chi connectivity index (χ1) is 9.94. The minimum absolute atomic E-state index is 0.198. The predicted octanol–water partition coefficient (Wildman–Crippen LogP) is 3.82. The number of benzene rings is 1. The lowest BCUT2D eigenvalue weighted by atomic mass is 9.74. The largest absolute Gasteiger partial charge is 0.481 e. The first kappa shape index (κ1) is 16.7. The zero-order valence-corrected chi connectivity index (χ0v) is 15.2. The Labute approximate surface area is 146 Å². The Balaban J connectivity index is 2.08. The summed E-state index contributed by atoms with van der Waals surface area (Å²) in [5.41, 5.74) is -0.230. The van der Waals surface area contributed by atoms with E-state index in [0.29, 0.717) is 18.4 Å².